The molecule has 1 atom stereocenters. The second kappa shape index (κ2) is 6.87. The molecule has 2 fully saturated rings. The zero-order valence-corrected chi connectivity index (χ0v) is 12.1. The first-order valence-electron chi connectivity index (χ1n) is 7.32. The highest BCUT2D eigenvalue weighted by atomic mass is 32.2. The highest BCUT2D eigenvalue weighted by Crippen LogP contribution is 2.13. The molecule has 2 rings (SSSR count). The standard InChI is InChI=1S/C13H26N2O2S/c16-18(17)11-4-9-15(10-12-18)8-3-6-13-5-1-2-7-14-13/h13-14H,1-12H2. The van der Waals surface area contributed by atoms with Gasteiger partial charge in [-0.05, 0) is 51.7 Å². The minimum atomic E-state index is -2.75. The molecule has 4 nitrogen and oxygen atoms in total. The predicted molar refractivity (Wildman–Crippen MR) is 74.6 cm³/mol. The second-order valence-corrected chi connectivity index (χ2v) is 7.94. The Balaban J connectivity index is 1.64. The van der Waals surface area contributed by atoms with Gasteiger partial charge in [-0.3, -0.25) is 0 Å². The lowest BCUT2D eigenvalue weighted by molar-refractivity contribution is 0.275. The summed E-state index contributed by atoms with van der Waals surface area (Å²) in [7, 11) is -2.75. The van der Waals surface area contributed by atoms with Crippen LogP contribution in [0, 0.1) is 0 Å². The highest BCUT2D eigenvalue weighted by Gasteiger charge is 2.19. The van der Waals surface area contributed by atoms with Crippen LogP contribution in [0.1, 0.15) is 38.5 Å². The van der Waals surface area contributed by atoms with Crippen molar-refractivity contribution in [1.29, 1.82) is 0 Å². The van der Waals surface area contributed by atoms with E-state index >= 15 is 0 Å². The molecule has 2 saturated heterocycles. The van der Waals surface area contributed by atoms with Gasteiger partial charge in [0.2, 0.25) is 0 Å². The van der Waals surface area contributed by atoms with Crippen LogP contribution in [0.4, 0.5) is 0 Å². The first-order chi connectivity index (χ1) is 8.66. The first kappa shape index (κ1) is 14.3. The zero-order chi connectivity index (χ0) is 12.8. The van der Waals surface area contributed by atoms with Crippen molar-refractivity contribution in [2.75, 3.05) is 37.7 Å². The van der Waals surface area contributed by atoms with E-state index in [1.165, 1.54) is 38.6 Å². The predicted octanol–water partition coefficient (Wildman–Crippen LogP) is 1.03. The van der Waals surface area contributed by atoms with E-state index in [1.54, 1.807) is 0 Å². The Bertz CT molecular complexity index is 337. The molecular formula is C13H26N2O2S. The van der Waals surface area contributed by atoms with Crippen LogP contribution in [0.15, 0.2) is 0 Å². The van der Waals surface area contributed by atoms with E-state index in [-0.39, 0.29) is 0 Å². The van der Waals surface area contributed by atoms with E-state index in [9.17, 15) is 8.42 Å². The molecule has 1 unspecified atom stereocenters. The van der Waals surface area contributed by atoms with Crippen LogP contribution in [0.2, 0.25) is 0 Å². The molecule has 0 amide bonds. The Morgan fingerprint density at radius 3 is 2.78 bits per heavy atom. The molecule has 18 heavy (non-hydrogen) atoms. The average molecular weight is 274 g/mol. The van der Waals surface area contributed by atoms with Gasteiger partial charge in [0.15, 0.2) is 9.84 Å². The van der Waals surface area contributed by atoms with Gasteiger partial charge in [0, 0.05) is 12.6 Å². The fourth-order valence-electron chi connectivity index (χ4n) is 2.95. The van der Waals surface area contributed by atoms with Gasteiger partial charge in [0.1, 0.15) is 0 Å². The molecule has 2 heterocycles. The number of sulfone groups is 1. The third kappa shape index (κ3) is 4.86. The molecule has 106 valence electrons. The quantitative estimate of drug-likeness (QED) is 0.832. The molecule has 0 aromatic heterocycles. The van der Waals surface area contributed by atoms with Crippen molar-refractivity contribution in [2.24, 2.45) is 0 Å². The van der Waals surface area contributed by atoms with Gasteiger partial charge in [-0.15, -0.1) is 0 Å². The summed E-state index contributed by atoms with van der Waals surface area (Å²) in [5.41, 5.74) is 0. The van der Waals surface area contributed by atoms with Crippen LogP contribution in [-0.4, -0.2) is 57.0 Å². The molecule has 0 radical (unpaired) electrons. The van der Waals surface area contributed by atoms with Crippen molar-refractivity contribution < 1.29 is 8.42 Å². The zero-order valence-electron chi connectivity index (χ0n) is 11.2. The molecule has 5 heteroatoms. The van der Waals surface area contributed by atoms with Gasteiger partial charge < -0.3 is 10.2 Å². The summed E-state index contributed by atoms with van der Waals surface area (Å²) in [6, 6.07) is 0.703. The first-order valence-corrected chi connectivity index (χ1v) is 9.14. The Hall–Kier alpha value is -0.130. The van der Waals surface area contributed by atoms with Gasteiger partial charge in [-0.2, -0.15) is 0 Å². The van der Waals surface area contributed by atoms with Crippen LogP contribution < -0.4 is 5.32 Å². The van der Waals surface area contributed by atoms with Gasteiger partial charge in [0.05, 0.1) is 11.5 Å². The molecule has 0 bridgehead atoms. The smallest absolute Gasteiger partial charge is 0.151 e. The SMILES string of the molecule is O=S1(=O)CCCN(CCCC2CCCCN2)CC1. The van der Waals surface area contributed by atoms with Crippen molar-refractivity contribution in [1.82, 2.24) is 10.2 Å². The summed E-state index contributed by atoms with van der Waals surface area (Å²) >= 11 is 0. The third-order valence-corrected chi connectivity index (χ3v) is 5.80. The molecular weight excluding hydrogens is 248 g/mol. The fourth-order valence-corrected chi connectivity index (χ4v) is 4.25. The maximum atomic E-state index is 11.5. The Kier molecular flexibility index (Phi) is 5.45. The van der Waals surface area contributed by atoms with Crippen molar-refractivity contribution in [3.05, 3.63) is 0 Å². The average Bonchev–Trinajstić information content (AvgIpc) is 2.52. The van der Waals surface area contributed by atoms with Crippen LogP contribution in [0.3, 0.4) is 0 Å². The van der Waals surface area contributed by atoms with Crippen molar-refractivity contribution in [3.8, 4) is 0 Å². The molecule has 2 aliphatic rings. The van der Waals surface area contributed by atoms with E-state index in [0.717, 1.165) is 26.1 Å². The second-order valence-electron chi connectivity index (χ2n) is 5.64. The lowest BCUT2D eigenvalue weighted by Crippen LogP contribution is -2.35. The summed E-state index contributed by atoms with van der Waals surface area (Å²) in [4.78, 5) is 2.33. The summed E-state index contributed by atoms with van der Waals surface area (Å²) in [6.45, 7) is 3.93. The van der Waals surface area contributed by atoms with E-state index in [0.29, 0.717) is 17.5 Å². The van der Waals surface area contributed by atoms with Crippen molar-refractivity contribution in [2.45, 2.75) is 44.6 Å². The molecule has 0 aliphatic carbocycles. The van der Waals surface area contributed by atoms with E-state index in [2.05, 4.69) is 10.2 Å². The monoisotopic (exact) mass is 274 g/mol. The summed E-state index contributed by atoms with van der Waals surface area (Å²) in [5.74, 6) is 0.738. The molecule has 0 spiro atoms. The van der Waals surface area contributed by atoms with Crippen molar-refractivity contribution in [3.63, 3.8) is 0 Å². The Morgan fingerprint density at radius 2 is 2.00 bits per heavy atom. The molecule has 0 aromatic rings. The maximum Gasteiger partial charge on any atom is 0.151 e. The minimum absolute atomic E-state index is 0.356. The molecule has 0 saturated carbocycles. The third-order valence-electron chi connectivity index (χ3n) is 4.09. The van der Waals surface area contributed by atoms with Crippen LogP contribution in [-0.2, 0) is 9.84 Å². The molecule has 1 N–H and O–H groups in total. The van der Waals surface area contributed by atoms with E-state index in [1.807, 2.05) is 0 Å². The largest absolute Gasteiger partial charge is 0.314 e. The normalized spacial score (nSPS) is 29.9. The summed E-state index contributed by atoms with van der Waals surface area (Å²) in [6.07, 6.45) is 7.24. The lowest BCUT2D eigenvalue weighted by atomic mass is 10.0. The van der Waals surface area contributed by atoms with Gasteiger partial charge in [-0.1, -0.05) is 6.42 Å². The number of nitrogens with zero attached hydrogens (tertiary/aromatic N) is 1. The van der Waals surface area contributed by atoms with Crippen LogP contribution in [0.25, 0.3) is 0 Å². The minimum Gasteiger partial charge on any atom is -0.314 e. The van der Waals surface area contributed by atoms with Crippen LogP contribution in [0.5, 0.6) is 0 Å². The number of rotatable bonds is 4. The fraction of sp³-hybridized carbons (Fsp3) is 1.00. The lowest BCUT2D eigenvalue weighted by Gasteiger charge is -2.25. The van der Waals surface area contributed by atoms with E-state index in [4.69, 9.17) is 0 Å². The Morgan fingerprint density at radius 1 is 1.11 bits per heavy atom. The topological polar surface area (TPSA) is 49.4 Å². The summed E-state index contributed by atoms with van der Waals surface area (Å²) in [5, 5.41) is 3.57. The summed E-state index contributed by atoms with van der Waals surface area (Å²) < 4.78 is 23.0. The van der Waals surface area contributed by atoms with Crippen molar-refractivity contribution >= 4 is 9.84 Å². The number of hydrogen-bond donors (Lipinski definition) is 1. The Labute approximate surface area is 111 Å². The number of nitrogens with one attached hydrogen (secondary N) is 1. The van der Waals surface area contributed by atoms with Gasteiger partial charge in [-0.25, -0.2) is 8.42 Å². The van der Waals surface area contributed by atoms with Crippen LogP contribution >= 0.6 is 0 Å². The molecule has 0 aromatic carbocycles. The highest BCUT2D eigenvalue weighted by molar-refractivity contribution is 7.91. The van der Waals surface area contributed by atoms with Gasteiger partial charge in [0.25, 0.3) is 0 Å². The number of piperidine rings is 1. The molecule has 2 aliphatic heterocycles. The van der Waals surface area contributed by atoms with Gasteiger partial charge >= 0.3 is 0 Å². The van der Waals surface area contributed by atoms with E-state index < -0.39 is 9.84 Å². The maximum absolute atomic E-state index is 11.5. The number of hydrogen-bond acceptors (Lipinski definition) is 4.